The summed E-state index contributed by atoms with van der Waals surface area (Å²) < 4.78 is 0. The number of aromatic nitrogens is 3. The molecule has 4 aromatic carbocycles. The average molecular weight is 656 g/mol. The predicted octanol–water partition coefficient (Wildman–Crippen LogP) is 8.15. The van der Waals surface area contributed by atoms with E-state index in [-0.39, 0.29) is 21.1 Å². The maximum atomic E-state index is 4.52. The van der Waals surface area contributed by atoms with Gasteiger partial charge in [-0.15, -0.1) is 35.4 Å². The molecular weight excluding hydrogens is 633 g/mol. The van der Waals surface area contributed by atoms with Crippen LogP contribution in [0.1, 0.15) is 0 Å². The molecule has 3 aromatic heterocycles. The fourth-order valence-electron chi connectivity index (χ4n) is 4.44. The van der Waals surface area contributed by atoms with E-state index in [0.29, 0.717) is 0 Å². The molecule has 0 fully saturated rings. The number of rotatable bonds is 2. The van der Waals surface area contributed by atoms with Gasteiger partial charge in [0.1, 0.15) is 0 Å². The summed E-state index contributed by atoms with van der Waals surface area (Å²) in [6, 6.07) is 42.2. The second-order valence-corrected chi connectivity index (χ2v) is 8.45. The molecule has 0 saturated carbocycles. The Labute approximate surface area is 230 Å². The van der Waals surface area contributed by atoms with E-state index in [9.17, 15) is 0 Å². The Bertz CT molecular complexity index is 1660. The summed E-state index contributed by atoms with van der Waals surface area (Å²) in [5, 5.41) is 4.64. The molecule has 7 rings (SSSR count). The largest absolute Gasteiger partial charge is 0.305 e. The first-order valence-electron chi connectivity index (χ1n) is 11.9. The molecule has 180 valence electrons. The molecule has 0 aliphatic carbocycles. The minimum absolute atomic E-state index is 0. The van der Waals surface area contributed by atoms with E-state index < -0.39 is 0 Å². The van der Waals surface area contributed by atoms with E-state index in [1.807, 2.05) is 67.0 Å². The minimum Gasteiger partial charge on any atom is -0.305 e. The van der Waals surface area contributed by atoms with Crippen LogP contribution in [0.4, 0.5) is 0 Å². The molecule has 7 aromatic rings. The fourth-order valence-corrected chi connectivity index (χ4v) is 4.44. The first kappa shape index (κ1) is 24.5. The van der Waals surface area contributed by atoms with Crippen LogP contribution in [-0.4, -0.2) is 15.0 Å². The summed E-state index contributed by atoms with van der Waals surface area (Å²) in [5.41, 5.74) is 6.43. The summed E-state index contributed by atoms with van der Waals surface area (Å²) >= 11 is 0. The Hall–Kier alpha value is -4.20. The van der Waals surface area contributed by atoms with Gasteiger partial charge in [-0.2, -0.15) is 0 Å². The van der Waals surface area contributed by atoms with Crippen LogP contribution in [0, 0.1) is 6.07 Å². The molecule has 0 amide bonds. The second-order valence-electron chi connectivity index (χ2n) is 8.45. The predicted molar refractivity (Wildman–Crippen MR) is 148 cm³/mol. The normalized spacial score (nSPS) is 10.5. The standard InChI is InChI=1S/C17H12N.C16H10N2.Pt/c1-2-7-14(8-3-1)15-9-6-10-16(13-15)17-11-4-5-12-18-17;1-3-12-7-5-11-6-8-13-4-2-10-18-16(13)14(11)15(12)17-9-1;/h1-9,11-13H;1-10H;/q-1;;. The zero-order chi connectivity index (χ0) is 24.2. The van der Waals surface area contributed by atoms with E-state index in [1.54, 1.807) is 6.20 Å². The van der Waals surface area contributed by atoms with Crippen molar-refractivity contribution in [3.05, 3.63) is 140 Å². The number of benzene rings is 4. The van der Waals surface area contributed by atoms with E-state index in [4.69, 9.17) is 0 Å². The zero-order valence-electron chi connectivity index (χ0n) is 19.9. The van der Waals surface area contributed by atoms with Crippen LogP contribution >= 0.6 is 0 Å². The Kier molecular flexibility index (Phi) is 7.44. The summed E-state index contributed by atoms with van der Waals surface area (Å²) in [5.74, 6) is 0. The van der Waals surface area contributed by atoms with Crippen molar-refractivity contribution in [2.75, 3.05) is 0 Å². The molecule has 0 radical (unpaired) electrons. The van der Waals surface area contributed by atoms with Crippen molar-refractivity contribution in [1.82, 2.24) is 15.0 Å². The fraction of sp³-hybridized carbons (Fsp3) is 0. The van der Waals surface area contributed by atoms with E-state index in [1.165, 1.54) is 16.5 Å². The van der Waals surface area contributed by atoms with Crippen molar-refractivity contribution in [1.29, 1.82) is 0 Å². The van der Waals surface area contributed by atoms with Crippen molar-refractivity contribution in [2.45, 2.75) is 0 Å². The van der Waals surface area contributed by atoms with Gasteiger partial charge in [-0.3, -0.25) is 9.97 Å². The number of fused-ring (bicyclic) bond motifs is 5. The van der Waals surface area contributed by atoms with Gasteiger partial charge in [-0.05, 0) is 34.8 Å². The maximum absolute atomic E-state index is 4.52. The summed E-state index contributed by atoms with van der Waals surface area (Å²) in [7, 11) is 0. The van der Waals surface area contributed by atoms with Crippen LogP contribution in [-0.2, 0) is 21.1 Å². The minimum atomic E-state index is 0. The third kappa shape index (κ3) is 5.18. The van der Waals surface area contributed by atoms with Crippen LogP contribution in [0.3, 0.4) is 0 Å². The Morgan fingerprint density at radius 2 is 1.11 bits per heavy atom. The molecule has 0 aliphatic heterocycles. The van der Waals surface area contributed by atoms with Crippen molar-refractivity contribution in [3.63, 3.8) is 0 Å². The van der Waals surface area contributed by atoms with Gasteiger partial charge in [0.05, 0.1) is 11.0 Å². The monoisotopic (exact) mass is 655 g/mol. The molecule has 0 unspecified atom stereocenters. The van der Waals surface area contributed by atoms with Crippen LogP contribution in [0.2, 0.25) is 0 Å². The Morgan fingerprint density at radius 1 is 0.486 bits per heavy atom. The quantitative estimate of drug-likeness (QED) is 0.139. The molecule has 0 bridgehead atoms. The summed E-state index contributed by atoms with van der Waals surface area (Å²) in [6.45, 7) is 0. The SMILES string of the molecule is [Pt].[c-]1ccc(-c2ccccc2)cc1-c1ccccn1.c1cnc2c(c1)ccc1ccc3cccnc3c12. The van der Waals surface area contributed by atoms with E-state index in [2.05, 4.69) is 81.7 Å². The Balaban J connectivity index is 0.000000147. The van der Waals surface area contributed by atoms with Gasteiger partial charge in [0.15, 0.2) is 0 Å². The summed E-state index contributed by atoms with van der Waals surface area (Å²) in [4.78, 5) is 13.4. The third-order valence-electron chi connectivity index (χ3n) is 6.17. The average Bonchev–Trinajstić information content (AvgIpc) is 2.98. The first-order chi connectivity index (χ1) is 17.9. The maximum Gasteiger partial charge on any atom is 0.0802 e. The van der Waals surface area contributed by atoms with Crippen LogP contribution in [0.25, 0.3) is 55.0 Å². The van der Waals surface area contributed by atoms with E-state index >= 15 is 0 Å². The molecule has 0 saturated heterocycles. The van der Waals surface area contributed by atoms with Gasteiger partial charge in [0, 0.05) is 55.8 Å². The molecule has 0 N–H and O–H groups in total. The molecule has 0 aliphatic rings. The molecule has 3 nitrogen and oxygen atoms in total. The third-order valence-corrected chi connectivity index (χ3v) is 6.17. The zero-order valence-corrected chi connectivity index (χ0v) is 22.1. The van der Waals surface area contributed by atoms with Gasteiger partial charge >= 0.3 is 0 Å². The molecule has 0 spiro atoms. The van der Waals surface area contributed by atoms with E-state index in [0.717, 1.165) is 38.4 Å². The topological polar surface area (TPSA) is 38.7 Å². The number of hydrogen-bond acceptors (Lipinski definition) is 3. The van der Waals surface area contributed by atoms with Gasteiger partial charge in [0.25, 0.3) is 0 Å². The molecule has 4 heteroatoms. The summed E-state index contributed by atoms with van der Waals surface area (Å²) in [6.07, 6.45) is 5.48. The second kappa shape index (κ2) is 11.2. The molecule has 3 heterocycles. The van der Waals surface area contributed by atoms with Gasteiger partial charge in [-0.25, -0.2) is 0 Å². The molecular formula is C33H22N3Pt-. The van der Waals surface area contributed by atoms with Crippen LogP contribution in [0.15, 0.2) is 134 Å². The van der Waals surface area contributed by atoms with Crippen LogP contribution in [0.5, 0.6) is 0 Å². The van der Waals surface area contributed by atoms with Gasteiger partial charge in [-0.1, -0.05) is 78.9 Å². The number of pyridine rings is 3. The smallest absolute Gasteiger partial charge is 0.0802 e. The number of hydrogen-bond donors (Lipinski definition) is 0. The van der Waals surface area contributed by atoms with Crippen molar-refractivity contribution in [2.24, 2.45) is 0 Å². The number of nitrogens with zero attached hydrogens (tertiary/aromatic N) is 3. The Morgan fingerprint density at radius 3 is 1.76 bits per heavy atom. The van der Waals surface area contributed by atoms with Crippen molar-refractivity contribution >= 4 is 32.6 Å². The van der Waals surface area contributed by atoms with Crippen LogP contribution < -0.4 is 0 Å². The van der Waals surface area contributed by atoms with Crippen molar-refractivity contribution < 1.29 is 21.1 Å². The van der Waals surface area contributed by atoms with Gasteiger partial charge in [0.2, 0.25) is 0 Å². The first-order valence-corrected chi connectivity index (χ1v) is 11.9. The van der Waals surface area contributed by atoms with Gasteiger partial charge < -0.3 is 4.98 Å². The van der Waals surface area contributed by atoms with Crippen molar-refractivity contribution in [3.8, 4) is 22.4 Å². The molecule has 0 atom stereocenters. The molecule has 37 heavy (non-hydrogen) atoms.